The van der Waals surface area contributed by atoms with Crippen molar-refractivity contribution in [3.8, 4) is 0 Å². The first kappa shape index (κ1) is 17.5. The topological polar surface area (TPSA) is 54.2 Å². The number of hydrogen-bond acceptors (Lipinski definition) is 2. The van der Waals surface area contributed by atoms with Crippen molar-refractivity contribution >= 4 is 5.96 Å². The highest BCUT2D eigenvalue weighted by molar-refractivity contribution is 5.80. The first-order valence-electron chi connectivity index (χ1n) is 9.12. The fourth-order valence-electron chi connectivity index (χ4n) is 3.31. The van der Waals surface area contributed by atoms with Gasteiger partial charge < -0.3 is 10.6 Å². The van der Waals surface area contributed by atoms with E-state index in [1.807, 2.05) is 18.7 Å². The van der Waals surface area contributed by atoms with E-state index in [1.165, 1.54) is 29.7 Å². The Labute approximate surface area is 150 Å². The fraction of sp³-hybridized carbons (Fsp3) is 0.500. The third-order valence-corrected chi connectivity index (χ3v) is 5.23. The number of hydrogen-bond donors (Lipinski definition) is 2. The maximum absolute atomic E-state index is 4.78. The lowest BCUT2D eigenvalue weighted by molar-refractivity contribution is 0.646. The third kappa shape index (κ3) is 3.86. The van der Waals surface area contributed by atoms with Gasteiger partial charge in [0.2, 0.25) is 0 Å². The van der Waals surface area contributed by atoms with Gasteiger partial charge in [0.15, 0.2) is 5.96 Å². The molecule has 0 aliphatic heterocycles. The lowest BCUT2D eigenvalue weighted by Crippen LogP contribution is -2.41. The van der Waals surface area contributed by atoms with Crippen LogP contribution in [0.4, 0.5) is 0 Å². The molecule has 0 atom stereocenters. The minimum Gasteiger partial charge on any atom is -0.357 e. The highest BCUT2D eigenvalue weighted by Crippen LogP contribution is 2.47. The summed E-state index contributed by atoms with van der Waals surface area (Å²) in [6, 6.07) is 10.8. The summed E-state index contributed by atoms with van der Waals surface area (Å²) in [6.07, 6.45) is 2.48. The summed E-state index contributed by atoms with van der Waals surface area (Å²) in [5.41, 5.74) is 5.15. The molecule has 1 aliphatic rings. The second-order valence-electron chi connectivity index (χ2n) is 6.97. The number of nitrogens with one attached hydrogen (secondary N) is 2. The minimum atomic E-state index is 0.275. The molecule has 2 aromatic rings. The Morgan fingerprint density at radius 1 is 1.20 bits per heavy atom. The molecule has 1 aromatic carbocycles. The van der Waals surface area contributed by atoms with Crippen molar-refractivity contribution in [3.05, 3.63) is 52.8 Å². The van der Waals surface area contributed by atoms with Gasteiger partial charge in [0, 0.05) is 36.8 Å². The van der Waals surface area contributed by atoms with Crippen LogP contribution in [0.25, 0.3) is 0 Å². The molecule has 0 radical (unpaired) electrons. The van der Waals surface area contributed by atoms with Crippen LogP contribution < -0.4 is 10.6 Å². The molecule has 5 nitrogen and oxygen atoms in total. The van der Waals surface area contributed by atoms with Crippen molar-refractivity contribution in [3.63, 3.8) is 0 Å². The van der Waals surface area contributed by atoms with Gasteiger partial charge in [-0.2, -0.15) is 5.10 Å². The van der Waals surface area contributed by atoms with Crippen LogP contribution in [0.5, 0.6) is 0 Å². The molecule has 0 bridgehead atoms. The molecule has 1 aromatic heterocycles. The van der Waals surface area contributed by atoms with Gasteiger partial charge >= 0.3 is 0 Å². The van der Waals surface area contributed by atoms with Gasteiger partial charge in [-0.1, -0.05) is 30.3 Å². The van der Waals surface area contributed by atoms with Gasteiger partial charge in [0.25, 0.3) is 0 Å². The number of aryl methyl sites for hydroxylation is 2. The van der Waals surface area contributed by atoms with Crippen molar-refractivity contribution < 1.29 is 0 Å². The van der Waals surface area contributed by atoms with Crippen LogP contribution in [0.15, 0.2) is 35.3 Å². The zero-order valence-corrected chi connectivity index (χ0v) is 15.8. The molecule has 1 saturated carbocycles. The molecule has 0 spiro atoms. The standard InChI is InChI=1S/C20H29N5/c1-5-21-19(22-13-18-15(2)24-25(4)16(18)3)23-14-20(11-12-20)17-9-7-6-8-10-17/h6-10H,5,11-14H2,1-4H3,(H2,21,22,23). The van der Waals surface area contributed by atoms with E-state index in [-0.39, 0.29) is 5.41 Å². The van der Waals surface area contributed by atoms with Gasteiger partial charge in [-0.3, -0.25) is 4.68 Å². The highest BCUT2D eigenvalue weighted by atomic mass is 15.3. The van der Waals surface area contributed by atoms with Crippen LogP contribution in [0, 0.1) is 13.8 Å². The number of rotatable bonds is 6. The summed E-state index contributed by atoms with van der Waals surface area (Å²) in [7, 11) is 1.98. The van der Waals surface area contributed by atoms with E-state index in [4.69, 9.17) is 4.99 Å². The fourth-order valence-corrected chi connectivity index (χ4v) is 3.31. The Morgan fingerprint density at radius 2 is 1.92 bits per heavy atom. The SMILES string of the molecule is CCNC(=NCc1c(C)nn(C)c1C)NCC1(c2ccccc2)CC1. The summed E-state index contributed by atoms with van der Waals surface area (Å²) in [6.45, 7) is 8.68. The Balaban J connectivity index is 1.67. The Kier molecular flexibility index (Phi) is 5.11. The second kappa shape index (κ2) is 7.30. The Hall–Kier alpha value is -2.30. The van der Waals surface area contributed by atoms with Gasteiger partial charge in [-0.05, 0) is 39.2 Å². The van der Waals surface area contributed by atoms with E-state index < -0.39 is 0 Å². The van der Waals surface area contributed by atoms with Gasteiger partial charge in [0.1, 0.15) is 0 Å². The molecule has 1 aliphatic carbocycles. The first-order valence-corrected chi connectivity index (χ1v) is 9.12. The molecule has 134 valence electrons. The number of aliphatic imine (C=N–C) groups is 1. The minimum absolute atomic E-state index is 0.275. The van der Waals surface area contributed by atoms with E-state index in [1.54, 1.807) is 0 Å². The van der Waals surface area contributed by atoms with Gasteiger partial charge in [0.05, 0.1) is 12.2 Å². The molecule has 0 amide bonds. The number of guanidine groups is 1. The summed E-state index contributed by atoms with van der Waals surface area (Å²) in [5.74, 6) is 0.882. The molecular weight excluding hydrogens is 310 g/mol. The zero-order valence-electron chi connectivity index (χ0n) is 15.8. The third-order valence-electron chi connectivity index (χ3n) is 5.23. The van der Waals surface area contributed by atoms with E-state index in [0.29, 0.717) is 6.54 Å². The highest BCUT2D eigenvalue weighted by Gasteiger charge is 2.43. The van der Waals surface area contributed by atoms with Crippen LogP contribution in [-0.2, 0) is 19.0 Å². The van der Waals surface area contributed by atoms with E-state index in [0.717, 1.165) is 24.7 Å². The first-order chi connectivity index (χ1) is 12.1. The Morgan fingerprint density at radius 3 is 2.48 bits per heavy atom. The average molecular weight is 339 g/mol. The molecular formula is C20H29N5. The molecule has 25 heavy (non-hydrogen) atoms. The van der Waals surface area contributed by atoms with Crippen molar-refractivity contribution in [1.82, 2.24) is 20.4 Å². The quantitative estimate of drug-likeness (QED) is 0.628. The van der Waals surface area contributed by atoms with E-state index in [2.05, 4.69) is 59.9 Å². The van der Waals surface area contributed by atoms with Crippen LogP contribution in [0.2, 0.25) is 0 Å². The molecule has 2 N–H and O–H groups in total. The monoisotopic (exact) mass is 339 g/mol. The smallest absolute Gasteiger partial charge is 0.191 e. The van der Waals surface area contributed by atoms with E-state index in [9.17, 15) is 0 Å². The summed E-state index contributed by atoms with van der Waals surface area (Å²) in [5, 5.41) is 11.4. The predicted octanol–water partition coefficient (Wildman–Crippen LogP) is 2.82. The summed E-state index contributed by atoms with van der Waals surface area (Å²) in [4.78, 5) is 4.78. The Bertz CT molecular complexity index is 741. The number of aromatic nitrogens is 2. The normalized spacial score (nSPS) is 15.9. The average Bonchev–Trinajstić information content (AvgIpc) is 3.36. The van der Waals surface area contributed by atoms with Gasteiger partial charge in [-0.25, -0.2) is 4.99 Å². The van der Waals surface area contributed by atoms with Crippen LogP contribution >= 0.6 is 0 Å². The lowest BCUT2D eigenvalue weighted by Gasteiger charge is -2.19. The predicted molar refractivity (Wildman–Crippen MR) is 103 cm³/mol. The van der Waals surface area contributed by atoms with Crippen molar-refractivity contribution in [2.45, 2.75) is 45.6 Å². The second-order valence-corrected chi connectivity index (χ2v) is 6.97. The molecule has 0 unspecified atom stereocenters. The molecule has 1 fully saturated rings. The molecule has 5 heteroatoms. The summed E-state index contributed by atoms with van der Waals surface area (Å²) >= 11 is 0. The molecule has 1 heterocycles. The zero-order chi connectivity index (χ0) is 17.9. The van der Waals surface area contributed by atoms with Gasteiger partial charge in [-0.15, -0.1) is 0 Å². The maximum atomic E-state index is 4.78. The van der Waals surface area contributed by atoms with Crippen LogP contribution in [-0.4, -0.2) is 28.8 Å². The summed E-state index contributed by atoms with van der Waals surface area (Å²) < 4.78 is 1.93. The molecule has 3 rings (SSSR count). The largest absolute Gasteiger partial charge is 0.357 e. The van der Waals surface area contributed by atoms with Crippen LogP contribution in [0.1, 0.15) is 42.3 Å². The molecule has 0 saturated heterocycles. The lowest BCUT2D eigenvalue weighted by atomic mass is 9.96. The number of nitrogens with zero attached hydrogens (tertiary/aromatic N) is 3. The van der Waals surface area contributed by atoms with Crippen molar-refractivity contribution in [2.24, 2.45) is 12.0 Å². The van der Waals surface area contributed by atoms with Crippen LogP contribution in [0.3, 0.4) is 0 Å². The van der Waals surface area contributed by atoms with Crippen molar-refractivity contribution in [1.29, 1.82) is 0 Å². The maximum Gasteiger partial charge on any atom is 0.191 e. The number of benzene rings is 1. The van der Waals surface area contributed by atoms with Crippen molar-refractivity contribution in [2.75, 3.05) is 13.1 Å². The van der Waals surface area contributed by atoms with E-state index >= 15 is 0 Å².